The number of thioether (sulfide) groups is 1. The number of H-pyrrole nitrogens is 1. The molecule has 0 amide bonds. The standard InChI is InChI=1S/C22H24N4O2S/c1-13(2)11-26-21(27)19-17(10-14(3)23-19)25-22(26)29-12-18-15(4)28-20(24-18)16-8-6-5-7-9-16/h5-10,13,23H,11-12H2,1-4H3. The van der Waals surface area contributed by atoms with Gasteiger partial charge in [-0.1, -0.05) is 43.8 Å². The number of oxazole rings is 1. The average Bonchev–Trinajstić information content (AvgIpc) is 3.25. The van der Waals surface area contributed by atoms with E-state index < -0.39 is 0 Å². The Labute approximate surface area is 173 Å². The van der Waals surface area contributed by atoms with E-state index in [0.717, 1.165) is 22.7 Å². The van der Waals surface area contributed by atoms with Gasteiger partial charge in [0.2, 0.25) is 5.89 Å². The second kappa shape index (κ2) is 7.91. The van der Waals surface area contributed by atoms with Gasteiger partial charge in [-0.05, 0) is 38.0 Å². The third kappa shape index (κ3) is 4.00. The largest absolute Gasteiger partial charge is 0.441 e. The van der Waals surface area contributed by atoms with Crippen molar-refractivity contribution in [3.05, 3.63) is 63.9 Å². The van der Waals surface area contributed by atoms with Crippen molar-refractivity contribution in [3.63, 3.8) is 0 Å². The summed E-state index contributed by atoms with van der Waals surface area (Å²) in [6.45, 7) is 8.67. The van der Waals surface area contributed by atoms with Crippen molar-refractivity contribution < 1.29 is 4.42 Å². The number of nitrogens with one attached hydrogen (secondary N) is 1. The van der Waals surface area contributed by atoms with Crippen LogP contribution in [0.1, 0.15) is 31.0 Å². The molecule has 1 aromatic carbocycles. The number of hydrogen-bond acceptors (Lipinski definition) is 5. The van der Waals surface area contributed by atoms with Crippen molar-refractivity contribution in [2.75, 3.05) is 0 Å². The summed E-state index contributed by atoms with van der Waals surface area (Å²) in [5, 5.41) is 0.707. The lowest BCUT2D eigenvalue weighted by atomic mass is 10.2. The van der Waals surface area contributed by atoms with Crippen LogP contribution in [0, 0.1) is 19.8 Å². The van der Waals surface area contributed by atoms with Crippen LogP contribution in [-0.2, 0) is 12.3 Å². The molecule has 0 unspecified atom stereocenters. The first kappa shape index (κ1) is 19.5. The van der Waals surface area contributed by atoms with Crippen LogP contribution in [0.3, 0.4) is 0 Å². The van der Waals surface area contributed by atoms with Crippen LogP contribution in [0.4, 0.5) is 0 Å². The minimum atomic E-state index is -0.0267. The highest BCUT2D eigenvalue weighted by Gasteiger charge is 2.17. The molecular formula is C22H24N4O2S. The van der Waals surface area contributed by atoms with E-state index in [1.165, 1.54) is 11.8 Å². The van der Waals surface area contributed by atoms with E-state index in [9.17, 15) is 4.79 Å². The van der Waals surface area contributed by atoms with Crippen LogP contribution >= 0.6 is 11.8 Å². The van der Waals surface area contributed by atoms with E-state index in [0.29, 0.717) is 40.3 Å². The van der Waals surface area contributed by atoms with Gasteiger partial charge < -0.3 is 9.40 Å². The van der Waals surface area contributed by atoms with Gasteiger partial charge in [-0.2, -0.15) is 0 Å². The summed E-state index contributed by atoms with van der Waals surface area (Å²) >= 11 is 1.52. The molecule has 6 nitrogen and oxygen atoms in total. The molecule has 0 saturated carbocycles. The molecule has 0 atom stereocenters. The molecule has 0 aliphatic rings. The van der Waals surface area contributed by atoms with Crippen LogP contribution in [0.2, 0.25) is 0 Å². The topological polar surface area (TPSA) is 76.7 Å². The van der Waals surface area contributed by atoms with Gasteiger partial charge in [0.05, 0.1) is 11.2 Å². The molecule has 150 valence electrons. The smallest absolute Gasteiger partial charge is 0.278 e. The minimum Gasteiger partial charge on any atom is -0.441 e. The molecule has 4 aromatic rings. The first-order valence-corrected chi connectivity index (χ1v) is 10.7. The maximum absolute atomic E-state index is 13.0. The lowest BCUT2D eigenvalue weighted by Gasteiger charge is -2.13. The van der Waals surface area contributed by atoms with Crippen molar-refractivity contribution in [1.82, 2.24) is 19.5 Å². The molecule has 0 aliphatic carbocycles. The summed E-state index contributed by atoms with van der Waals surface area (Å²) in [7, 11) is 0. The molecule has 3 aromatic heterocycles. The molecule has 7 heteroatoms. The van der Waals surface area contributed by atoms with Crippen LogP contribution in [0.5, 0.6) is 0 Å². The number of rotatable bonds is 6. The second-order valence-corrected chi connectivity index (χ2v) is 8.54. The molecule has 3 heterocycles. The molecule has 1 N–H and O–H groups in total. The monoisotopic (exact) mass is 408 g/mol. The number of aromatic amines is 1. The zero-order chi connectivity index (χ0) is 20.5. The predicted octanol–water partition coefficient (Wildman–Crippen LogP) is 4.94. The van der Waals surface area contributed by atoms with Crippen molar-refractivity contribution in [2.24, 2.45) is 5.92 Å². The first-order chi connectivity index (χ1) is 13.9. The molecule has 0 radical (unpaired) electrons. The van der Waals surface area contributed by atoms with Gasteiger partial charge in [0.25, 0.3) is 5.56 Å². The maximum Gasteiger partial charge on any atom is 0.278 e. The van der Waals surface area contributed by atoms with Gasteiger partial charge in [-0.25, -0.2) is 9.97 Å². The van der Waals surface area contributed by atoms with Crippen molar-refractivity contribution in [1.29, 1.82) is 0 Å². The number of fused-ring (bicyclic) bond motifs is 1. The molecule has 0 aliphatic heterocycles. The summed E-state index contributed by atoms with van der Waals surface area (Å²) in [6.07, 6.45) is 0. The van der Waals surface area contributed by atoms with Crippen LogP contribution in [-0.4, -0.2) is 19.5 Å². The normalized spacial score (nSPS) is 11.6. The van der Waals surface area contributed by atoms with E-state index in [2.05, 4.69) is 23.8 Å². The Balaban J connectivity index is 1.66. The quantitative estimate of drug-likeness (QED) is 0.361. The van der Waals surface area contributed by atoms with Crippen LogP contribution in [0.25, 0.3) is 22.5 Å². The van der Waals surface area contributed by atoms with E-state index in [1.807, 2.05) is 50.2 Å². The van der Waals surface area contributed by atoms with Crippen molar-refractivity contribution in [2.45, 2.75) is 45.1 Å². The number of nitrogens with zero attached hydrogens (tertiary/aromatic N) is 3. The Bertz CT molecular complexity index is 1210. The Morgan fingerprint density at radius 2 is 1.93 bits per heavy atom. The SMILES string of the molecule is Cc1cc2nc(SCc3nc(-c4ccccc4)oc3C)n(CC(C)C)c(=O)c2[nH]1. The van der Waals surface area contributed by atoms with Gasteiger partial charge in [0.1, 0.15) is 11.3 Å². The van der Waals surface area contributed by atoms with Crippen LogP contribution < -0.4 is 5.56 Å². The number of aryl methyl sites for hydroxylation is 2. The Hall–Kier alpha value is -2.80. The fourth-order valence-electron chi connectivity index (χ4n) is 3.25. The molecule has 0 bridgehead atoms. The zero-order valence-corrected chi connectivity index (χ0v) is 17.8. The summed E-state index contributed by atoms with van der Waals surface area (Å²) in [4.78, 5) is 25.6. The number of aromatic nitrogens is 4. The Kier molecular flexibility index (Phi) is 5.32. The highest BCUT2D eigenvalue weighted by atomic mass is 32.2. The van der Waals surface area contributed by atoms with Crippen LogP contribution in [0.15, 0.2) is 50.8 Å². The maximum atomic E-state index is 13.0. The lowest BCUT2D eigenvalue weighted by Crippen LogP contribution is -2.25. The Morgan fingerprint density at radius 1 is 1.17 bits per heavy atom. The number of benzene rings is 1. The summed E-state index contributed by atoms with van der Waals surface area (Å²) in [5.41, 5.74) is 3.99. The minimum absolute atomic E-state index is 0.0267. The number of hydrogen-bond donors (Lipinski definition) is 1. The molecular weight excluding hydrogens is 384 g/mol. The third-order valence-corrected chi connectivity index (χ3v) is 5.62. The third-order valence-electron chi connectivity index (χ3n) is 4.64. The van der Waals surface area contributed by atoms with Gasteiger partial charge in [0, 0.05) is 23.6 Å². The van der Waals surface area contributed by atoms with E-state index in [4.69, 9.17) is 9.40 Å². The van der Waals surface area contributed by atoms with Gasteiger partial charge in [0.15, 0.2) is 5.16 Å². The van der Waals surface area contributed by atoms with E-state index >= 15 is 0 Å². The molecule has 4 rings (SSSR count). The van der Waals surface area contributed by atoms with Crippen molar-refractivity contribution >= 4 is 22.8 Å². The average molecular weight is 409 g/mol. The van der Waals surface area contributed by atoms with Crippen molar-refractivity contribution in [3.8, 4) is 11.5 Å². The van der Waals surface area contributed by atoms with Gasteiger partial charge >= 0.3 is 0 Å². The molecule has 0 spiro atoms. The summed E-state index contributed by atoms with van der Waals surface area (Å²) < 4.78 is 7.63. The second-order valence-electron chi connectivity index (χ2n) is 7.59. The van der Waals surface area contributed by atoms with Gasteiger partial charge in [-0.3, -0.25) is 9.36 Å². The summed E-state index contributed by atoms with van der Waals surface area (Å²) in [5.74, 6) is 2.32. The highest BCUT2D eigenvalue weighted by molar-refractivity contribution is 7.98. The van der Waals surface area contributed by atoms with E-state index in [1.54, 1.807) is 4.57 Å². The van der Waals surface area contributed by atoms with E-state index in [-0.39, 0.29) is 5.56 Å². The molecule has 0 saturated heterocycles. The zero-order valence-electron chi connectivity index (χ0n) is 17.0. The summed E-state index contributed by atoms with van der Waals surface area (Å²) in [6, 6.07) is 11.8. The molecule has 0 fully saturated rings. The lowest BCUT2D eigenvalue weighted by molar-refractivity contribution is 0.475. The fraction of sp³-hybridized carbons (Fsp3) is 0.318. The highest BCUT2D eigenvalue weighted by Crippen LogP contribution is 2.27. The fourth-order valence-corrected chi connectivity index (χ4v) is 4.26. The van der Waals surface area contributed by atoms with Gasteiger partial charge in [-0.15, -0.1) is 0 Å². The Morgan fingerprint density at radius 3 is 2.66 bits per heavy atom. The first-order valence-electron chi connectivity index (χ1n) is 9.67. The molecule has 29 heavy (non-hydrogen) atoms. The predicted molar refractivity (Wildman–Crippen MR) is 116 cm³/mol.